The third-order valence-corrected chi connectivity index (χ3v) is 3.47. The van der Waals surface area contributed by atoms with Gasteiger partial charge in [0.15, 0.2) is 0 Å². The van der Waals surface area contributed by atoms with Crippen LogP contribution in [0.25, 0.3) is 10.8 Å². The second-order valence-corrected chi connectivity index (χ2v) is 6.16. The highest BCUT2D eigenvalue weighted by atomic mass is 35.5. The van der Waals surface area contributed by atoms with Crippen molar-refractivity contribution >= 4 is 32.5 Å². The molecule has 0 aliphatic carbocycles. The highest BCUT2D eigenvalue weighted by Gasteiger charge is 2.12. The van der Waals surface area contributed by atoms with E-state index in [4.69, 9.17) is 20.5 Å². The van der Waals surface area contributed by atoms with Crippen molar-refractivity contribution in [3.05, 3.63) is 40.9 Å². The van der Waals surface area contributed by atoms with Gasteiger partial charge in [-0.3, -0.25) is 4.18 Å². The summed E-state index contributed by atoms with van der Waals surface area (Å²) in [6, 6.07) is 9.00. The Bertz CT molecular complexity index is 710. The van der Waals surface area contributed by atoms with E-state index in [1.165, 1.54) is 7.11 Å². The maximum atomic E-state index is 11.1. The number of ether oxygens (including phenoxy) is 1. The fourth-order valence-corrected chi connectivity index (χ4v) is 2.36. The van der Waals surface area contributed by atoms with Gasteiger partial charge in [-0.2, -0.15) is 8.42 Å². The van der Waals surface area contributed by atoms with Gasteiger partial charge < -0.3 is 4.74 Å². The monoisotopic (exact) mass is 300 g/mol. The van der Waals surface area contributed by atoms with Crippen LogP contribution in [-0.4, -0.2) is 21.8 Å². The van der Waals surface area contributed by atoms with Gasteiger partial charge in [0.2, 0.25) is 0 Å². The molecule has 0 heterocycles. The molecule has 0 amide bonds. The topological polar surface area (TPSA) is 52.6 Å². The van der Waals surface area contributed by atoms with Crippen LogP contribution in [0, 0.1) is 0 Å². The molecule has 0 radical (unpaired) electrons. The SMILES string of the molecule is COc1ccc2cc(Cl)ccc2c1COS(C)(=O)=O. The van der Waals surface area contributed by atoms with Crippen LogP contribution in [0.15, 0.2) is 30.3 Å². The van der Waals surface area contributed by atoms with Gasteiger partial charge in [0.1, 0.15) is 5.75 Å². The molecule has 19 heavy (non-hydrogen) atoms. The van der Waals surface area contributed by atoms with Gasteiger partial charge in [-0.1, -0.05) is 23.7 Å². The predicted octanol–water partition coefficient (Wildman–Crippen LogP) is 2.98. The summed E-state index contributed by atoms with van der Waals surface area (Å²) >= 11 is 5.94. The lowest BCUT2D eigenvalue weighted by molar-refractivity contribution is 0.304. The summed E-state index contributed by atoms with van der Waals surface area (Å²) in [5.74, 6) is 0.582. The molecule has 2 aromatic carbocycles. The lowest BCUT2D eigenvalue weighted by atomic mass is 10.0. The van der Waals surface area contributed by atoms with E-state index < -0.39 is 10.1 Å². The molecule has 2 rings (SSSR count). The van der Waals surface area contributed by atoms with E-state index in [1.54, 1.807) is 18.2 Å². The third-order valence-electron chi connectivity index (χ3n) is 2.69. The predicted molar refractivity (Wildman–Crippen MR) is 75.1 cm³/mol. The zero-order valence-corrected chi connectivity index (χ0v) is 12.1. The summed E-state index contributed by atoms with van der Waals surface area (Å²) in [7, 11) is -1.98. The molecule has 0 spiro atoms. The molecule has 0 aliphatic heterocycles. The number of rotatable bonds is 4. The van der Waals surface area contributed by atoms with E-state index in [2.05, 4.69) is 0 Å². The van der Waals surface area contributed by atoms with Gasteiger partial charge in [-0.25, -0.2) is 0 Å². The van der Waals surface area contributed by atoms with E-state index in [9.17, 15) is 8.42 Å². The Morgan fingerprint density at radius 2 is 1.95 bits per heavy atom. The Morgan fingerprint density at radius 1 is 1.21 bits per heavy atom. The lowest BCUT2D eigenvalue weighted by Gasteiger charge is -2.12. The van der Waals surface area contributed by atoms with E-state index in [1.807, 2.05) is 12.1 Å². The number of benzene rings is 2. The molecule has 0 atom stereocenters. The summed E-state index contributed by atoms with van der Waals surface area (Å²) in [5.41, 5.74) is 0.682. The fourth-order valence-electron chi connectivity index (χ4n) is 1.85. The first-order valence-electron chi connectivity index (χ1n) is 5.50. The molecule has 102 valence electrons. The van der Waals surface area contributed by atoms with Gasteiger partial charge in [0.25, 0.3) is 10.1 Å². The summed E-state index contributed by atoms with van der Waals surface area (Å²) in [4.78, 5) is 0. The minimum absolute atomic E-state index is 0.0685. The molecule has 0 saturated carbocycles. The summed E-state index contributed by atoms with van der Waals surface area (Å²) in [5, 5.41) is 2.38. The quantitative estimate of drug-likeness (QED) is 0.815. The van der Waals surface area contributed by atoms with E-state index in [0.29, 0.717) is 16.3 Å². The minimum Gasteiger partial charge on any atom is -0.496 e. The smallest absolute Gasteiger partial charge is 0.264 e. The number of fused-ring (bicyclic) bond motifs is 1. The Kier molecular flexibility index (Phi) is 3.99. The Hall–Kier alpha value is -1.30. The molecule has 6 heteroatoms. The van der Waals surface area contributed by atoms with Crippen molar-refractivity contribution in [1.29, 1.82) is 0 Å². The molecular formula is C13H13ClO4S. The van der Waals surface area contributed by atoms with Crippen molar-refractivity contribution in [3.63, 3.8) is 0 Å². The van der Waals surface area contributed by atoms with Crippen molar-refractivity contribution in [2.24, 2.45) is 0 Å². The maximum absolute atomic E-state index is 11.1. The second-order valence-electron chi connectivity index (χ2n) is 4.08. The standard InChI is InChI=1S/C13H13ClO4S/c1-17-13-6-3-9-7-10(14)4-5-11(9)12(13)8-18-19(2,15)16/h3-7H,8H2,1-2H3. The molecule has 0 aromatic heterocycles. The van der Waals surface area contributed by atoms with Crippen molar-refractivity contribution in [3.8, 4) is 5.75 Å². The fraction of sp³-hybridized carbons (Fsp3) is 0.231. The minimum atomic E-state index is -3.51. The molecule has 0 saturated heterocycles. The van der Waals surface area contributed by atoms with Gasteiger partial charge >= 0.3 is 0 Å². The number of hydrogen-bond donors (Lipinski definition) is 0. The van der Waals surface area contributed by atoms with Crippen LogP contribution in [0.4, 0.5) is 0 Å². The van der Waals surface area contributed by atoms with Crippen LogP contribution in [0.2, 0.25) is 5.02 Å². The van der Waals surface area contributed by atoms with Gasteiger partial charge in [-0.05, 0) is 29.0 Å². The van der Waals surface area contributed by atoms with E-state index in [-0.39, 0.29) is 6.61 Å². The third kappa shape index (κ3) is 3.37. The van der Waals surface area contributed by atoms with E-state index in [0.717, 1.165) is 17.0 Å². The zero-order chi connectivity index (χ0) is 14.0. The Labute approximate surface area is 117 Å². The van der Waals surface area contributed by atoms with Gasteiger partial charge in [0.05, 0.1) is 20.0 Å². The molecule has 0 unspecified atom stereocenters. The molecular weight excluding hydrogens is 288 g/mol. The molecule has 4 nitrogen and oxygen atoms in total. The van der Waals surface area contributed by atoms with Crippen molar-refractivity contribution < 1.29 is 17.3 Å². The van der Waals surface area contributed by atoms with Crippen LogP contribution >= 0.6 is 11.6 Å². The van der Waals surface area contributed by atoms with Gasteiger partial charge in [0, 0.05) is 10.6 Å². The normalized spacial score (nSPS) is 11.7. The largest absolute Gasteiger partial charge is 0.496 e. The molecule has 0 N–H and O–H groups in total. The number of methoxy groups -OCH3 is 1. The van der Waals surface area contributed by atoms with E-state index >= 15 is 0 Å². The van der Waals surface area contributed by atoms with Crippen LogP contribution in [0.5, 0.6) is 5.75 Å². The summed E-state index contributed by atoms with van der Waals surface area (Å²) in [6.07, 6.45) is 1.02. The molecule has 0 fully saturated rings. The first-order chi connectivity index (χ1) is 8.90. The van der Waals surface area contributed by atoms with Gasteiger partial charge in [-0.15, -0.1) is 0 Å². The highest BCUT2D eigenvalue weighted by molar-refractivity contribution is 7.85. The van der Waals surface area contributed by atoms with Crippen LogP contribution < -0.4 is 4.74 Å². The number of hydrogen-bond acceptors (Lipinski definition) is 4. The van der Waals surface area contributed by atoms with Crippen molar-refractivity contribution in [1.82, 2.24) is 0 Å². The highest BCUT2D eigenvalue weighted by Crippen LogP contribution is 2.30. The maximum Gasteiger partial charge on any atom is 0.264 e. The van der Waals surface area contributed by atoms with Crippen molar-refractivity contribution in [2.45, 2.75) is 6.61 Å². The molecule has 2 aromatic rings. The first kappa shape index (κ1) is 14.1. The second kappa shape index (κ2) is 5.36. The summed E-state index contributed by atoms with van der Waals surface area (Å²) < 4.78 is 32.3. The number of halogens is 1. The zero-order valence-electron chi connectivity index (χ0n) is 10.5. The summed E-state index contributed by atoms with van der Waals surface area (Å²) in [6.45, 7) is -0.0685. The van der Waals surface area contributed by atoms with Crippen molar-refractivity contribution in [2.75, 3.05) is 13.4 Å². The molecule has 0 aliphatic rings. The van der Waals surface area contributed by atoms with Crippen LogP contribution in [0.3, 0.4) is 0 Å². The average Bonchev–Trinajstić information content (AvgIpc) is 2.34. The lowest BCUT2D eigenvalue weighted by Crippen LogP contribution is -2.04. The van der Waals surface area contributed by atoms with Crippen LogP contribution in [-0.2, 0) is 20.9 Å². The Morgan fingerprint density at radius 3 is 2.58 bits per heavy atom. The first-order valence-corrected chi connectivity index (χ1v) is 7.70. The van der Waals surface area contributed by atoms with Crippen LogP contribution in [0.1, 0.15) is 5.56 Å². The molecule has 0 bridgehead atoms. The Balaban J connectivity index is 2.54. The average molecular weight is 301 g/mol.